The molecule has 322 valence electrons. The summed E-state index contributed by atoms with van der Waals surface area (Å²) in [6.07, 6.45) is -0.362. The number of benzene rings is 11. The fourth-order valence-corrected chi connectivity index (χ4v) is 12.0. The molecule has 5 nitrogen and oxygen atoms in total. The van der Waals surface area contributed by atoms with Crippen LogP contribution < -0.4 is 5.32 Å². The molecule has 0 fully saturated rings. The number of rotatable bonds is 5. The van der Waals surface area contributed by atoms with E-state index >= 15 is 0 Å². The zero-order chi connectivity index (χ0) is 45.2. The van der Waals surface area contributed by atoms with Crippen molar-refractivity contribution in [1.29, 1.82) is 0 Å². The number of para-hydroxylation sites is 1. The Morgan fingerprint density at radius 1 is 0.449 bits per heavy atom. The van der Waals surface area contributed by atoms with Crippen LogP contribution in [0.3, 0.4) is 0 Å². The fourth-order valence-electron chi connectivity index (χ4n) is 10.9. The van der Waals surface area contributed by atoms with Gasteiger partial charge in [-0.05, 0) is 86.1 Å². The van der Waals surface area contributed by atoms with Gasteiger partial charge in [0.15, 0.2) is 11.4 Å². The third-order valence-corrected chi connectivity index (χ3v) is 15.3. The average molecular weight is 899 g/mol. The molecule has 4 heterocycles. The van der Waals surface area contributed by atoms with Crippen LogP contribution in [0.25, 0.3) is 113 Å². The number of nitrogens with zero attached hydrogens (tertiary/aromatic N) is 3. The van der Waals surface area contributed by atoms with E-state index in [2.05, 4.69) is 228 Å². The van der Waals surface area contributed by atoms with E-state index in [4.69, 9.17) is 14.4 Å². The molecule has 1 atom stereocenters. The topological polar surface area (TPSA) is 54.8 Å². The molecule has 15 rings (SSSR count). The summed E-state index contributed by atoms with van der Waals surface area (Å²) < 4.78 is 12.0. The van der Waals surface area contributed by atoms with Crippen LogP contribution in [-0.4, -0.2) is 16.2 Å². The number of hydrogen-bond donors (Lipinski definition) is 1. The first kappa shape index (κ1) is 38.3. The minimum atomic E-state index is -0.362. The molecule has 0 aliphatic carbocycles. The first-order valence-electron chi connectivity index (χ1n) is 23.4. The van der Waals surface area contributed by atoms with Crippen molar-refractivity contribution in [3.05, 3.63) is 235 Å². The first-order valence-corrected chi connectivity index (χ1v) is 24.2. The highest BCUT2D eigenvalue weighted by Gasteiger charge is 2.24. The highest BCUT2D eigenvalue weighted by molar-refractivity contribution is 7.25. The summed E-state index contributed by atoms with van der Waals surface area (Å²) >= 11 is 1.81. The Balaban J connectivity index is 0.908. The van der Waals surface area contributed by atoms with Crippen LogP contribution in [0.15, 0.2) is 233 Å². The molecule has 0 amide bonds. The lowest BCUT2D eigenvalue weighted by Crippen LogP contribution is -2.33. The van der Waals surface area contributed by atoms with Gasteiger partial charge in [0.25, 0.3) is 0 Å². The third-order valence-electron chi connectivity index (χ3n) is 14.2. The normalized spacial score (nSPS) is 14.2. The number of fused-ring (bicyclic) bond motifs is 14. The van der Waals surface area contributed by atoms with Crippen molar-refractivity contribution in [3.63, 3.8) is 0 Å². The monoisotopic (exact) mass is 898 g/mol. The lowest BCUT2D eigenvalue weighted by Gasteiger charge is -2.24. The van der Waals surface area contributed by atoms with Crippen LogP contribution in [0.2, 0.25) is 0 Å². The Morgan fingerprint density at radius 2 is 1.12 bits per heavy atom. The highest BCUT2D eigenvalue weighted by atomic mass is 32.1. The third kappa shape index (κ3) is 5.96. The van der Waals surface area contributed by atoms with Crippen molar-refractivity contribution in [3.8, 4) is 16.8 Å². The molecule has 1 aliphatic rings. The lowest BCUT2D eigenvalue weighted by molar-refractivity contribution is 0.666. The van der Waals surface area contributed by atoms with Crippen molar-refractivity contribution in [2.75, 3.05) is 0 Å². The van der Waals surface area contributed by atoms with Crippen LogP contribution in [0.5, 0.6) is 0 Å². The largest absolute Gasteiger partial charge is 0.454 e. The molecule has 6 heteroatoms. The Morgan fingerprint density at radius 3 is 2.00 bits per heavy atom. The van der Waals surface area contributed by atoms with Gasteiger partial charge in [-0.1, -0.05) is 176 Å². The fraction of sp³-hybridized carbons (Fsp3) is 0.0159. The smallest absolute Gasteiger partial charge is 0.159 e. The summed E-state index contributed by atoms with van der Waals surface area (Å²) in [5.74, 6) is 1.47. The maximum Gasteiger partial charge on any atom is 0.159 e. The van der Waals surface area contributed by atoms with Crippen molar-refractivity contribution in [2.45, 2.75) is 6.17 Å². The Kier molecular flexibility index (Phi) is 8.23. The summed E-state index contributed by atoms with van der Waals surface area (Å²) in [6, 6.07) is 78.6. The van der Waals surface area contributed by atoms with Crippen molar-refractivity contribution in [2.24, 2.45) is 9.98 Å². The van der Waals surface area contributed by atoms with Gasteiger partial charge in [-0.25, -0.2) is 9.98 Å². The van der Waals surface area contributed by atoms with Crippen molar-refractivity contribution in [1.82, 2.24) is 9.88 Å². The van der Waals surface area contributed by atoms with Crippen LogP contribution in [0.4, 0.5) is 0 Å². The maximum absolute atomic E-state index is 7.06. The average Bonchev–Trinajstić information content (AvgIpc) is 4.10. The van der Waals surface area contributed by atoms with Crippen molar-refractivity contribution >= 4 is 119 Å². The second kappa shape index (κ2) is 14.8. The molecule has 0 spiro atoms. The van der Waals surface area contributed by atoms with Crippen LogP contribution in [0, 0.1) is 0 Å². The zero-order valence-electron chi connectivity index (χ0n) is 37.0. The molecular formula is C63H38N4OS. The molecule has 1 unspecified atom stereocenters. The number of hydrogen-bond acceptors (Lipinski definition) is 5. The number of aliphatic imine (C=N–C) groups is 2. The second-order valence-corrected chi connectivity index (χ2v) is 19.2. The lowest BCUT2D eigenvalue weighted by atomic mass is 10.00. The molecule has 0 bridgehead atoms. The van der Waals surface area contributed by atoms with E-state index in [-0.39, 0.29) is 6.17 Å². The minimum Gasteiger partial charge on any atom is -0.454 e. The van der Waals surface area contributed by atoms with E-state index in [1.54, 1.807) is 0 Å². The predicted octanol–water partition coefficient (Wildman–Crippen LogP) is 16.7. The second-order valence-electron chi connectivity index (χ2n) is 18.1. The molecule has 14 aromatic rings. The van der Waals surface area contributed by atoms with Gasteiger partial charge in [0, 0.05) is 58.2 Å². The Hall–Kier alpha value is -8.84. The summed E-state index contributed by atoms with van der Waals surface area (Å²) in [7, 11) is 0. The summed E-state index contributed by atoms with van der Waals surface area (Å²) in [5, 5.41) is 17.9. The number of amidine groups is 2. The summed E-state index contributed by atoms with van der Waals surface area (Å²) in [5.41, 5.74) is 10.4. The maximum atomic E-state index is 7.06. The molecule has 0 saturated carbocycles. The van der Waals surface area contributed by atoms with E-state index < -0.39 is 0 Å². The summed E-state index contributed by atoms with van der Waals surface area (Å²) in [4.78, 5) is 10.7. The SMILES string of the molecule is c1ccc(-c2ccc(C3N=C(c4ccc5c(c4)sc4ccccc45)N=C(c4ccc5ccc6oc7c(-n8c9cc%10ccccc%10cc9c9ccc%10ccccc%10c98)cccc7c6c5c4)N3)cc2)cc1. The van der Waals surface area contributed by atoms with Crippen LogP contribution in [-0.2, 0) is 0 Å². The van der Waals surface area contributed by atoms with Gasteiger partial charge in [-0.2, -0.15) is 0 Å². The zero-order valence-corrected chi connectivity index (χ0v) is 37.8. The molecule has 11 aromatic carbocycles. The Labute approximate surface area is 399 Å². The standard InChI is InChI=1S/C63H38N4OS/c1-2-11-37(12-3-1)38-21-24-41(25-22-38)61-64-62(66-63(65-61)45-28-30-48-47-17-8-9-20-56(47)69-57(48)36-45)44-26-23-40-29-32-55-58(51(40)34-44)50-18-10-19-53(60(50)68-55)67-54-35-43-15-5-4-14-42(43)33-52(54)49-31-27-39-13-6-7-16-46(39)59(49)67/h1-36,61H,(H,64,65,66). The number of thiophene rings is 1. The van der Waals surface area contributed by atoms with E-state index in [0.29, 0.717) is 5.84 Å². The van der Waals surface area contributed by atoms with E-state index in [9.17, 15) is 0 Å². The predicted molar refractivity (Wildman–Crippen MR) is 291 cm³/mol. The number of aromatic nitrogens is 1. The molecule has 0 radical (unpaired) electrons. The first-order chi connectivity index (χ1) is 34.2. The quantitative estimate of drug-likeness (QED) is 0.187. The summed E-state index contributed by atoms with van der Waals surface area (Å²) in [6.45, 7) is 0. The molecule has 1 aliphatic heterocycles. The van der Waals surface area contributed by atoms with Gasteiger partial charge in [-0.3, -0.25) is 0 Å². The molecule has 69 heavy (non-hydrogen) atoms. The van der Waals surface area contributed by atoms with E-state index in [0.717, 1.165) is 72.0 Å². The highest BCUT2D eigenvalue weighted by Crippen LogP contribution is 2.43. The van der Waals surface area contributed by atoms with Gasteiger partial charge in [0.2, 0.25) is 0 Å². The minimum absolute atomic E-state index is 0.362. The molecular weight excluding hydrogens is 861 g/mol. The van der Waals surface area contributed by atoms with Crippen LogP contribution in [0.1, 0.15) is 22.9 Å². The van der Waals surface area contributed by atoms with E-state index in [1.807, 2.05) is 11.3 Å². The van der Waals surface area contributed by atoms with E-state index in [1.165, 1.54) is 63.6 Å². The van der Waals surface area contributed by atoms with Gasteiger partial charge < -0.3 is 14.3 Å². The van der Waals surface area contributed by atoms with Crippen LogP contribution >= 0.6 is 11.3 Å². The molecule has 0 saturated heterocycles. The van der Waals surface area contributed by atoms with Crippen molar-refractivity contribution < 1.29 is 4.42 Å². The molecule has 3 aromatic heterocycles. The molecule has 1 N–H and O–H groups in total. The van der Waals surface area contributed by atoms with Gasteiger partial charge >= 0.3 is 0 Å². The number of nitrogens with one attached hydrogen (secondary N) is 1. The number of furan rings is 1. The van der Waals surface area contributed by atoms with Gasteiger partial charge in [0.1, 0.15) is 17.6 Å². The van der Waals surface area contributed by atoms with Gasteiger partial charge in [0.05, 0.1) is 16.7 Å². The Bertz CT molecular complexity index is 4520. The van der Waals surface area contributed by atoms with Gasteiger partial charge in [-0.15, -0.1) is 11.3 Å².